The van der Waals surface area contributed by atoms with E-state index in [9.17, 15) is 8.78 Å². The third-order valence-corrected chi connectivity index (χ3v) is 3.22. The van der Waals surface area contributed by atoms with Crippen molar-refractivity contribution in [2.45, 2.75) is 38.3 Å². The van der Waals surface area contributed by atoms with Crippen LogP contribution in [0.25, 0.3) is 0 Å². The standard InChI is InChI=1S/C13H17F2NO/c1-8-5-12(15)10(7-11(8)14)13(16)6-9-3-2-4-17-9/h5,7,9,13H,2-4,6,16H2,1H3. The van der Waals surface area contributed by atoms with Gasteiger partial charge in [-0.25, -0.2) is 8.78 Å². The maximum Gasteiger partial charge on any atom is 0.128 e. The lowest BCUT2D eigenvalue weighted by molar-refractivity contribution is 0.0980. The number of hydrogen-bond donors (Lipinski definition) is 1. The predicted molar refractivity (Wildman–Crippen MR) is 61.6 cm³/mol. The average Bonchev–Trinajstić information content (AvgIpc) is 2.76. The van der Waals surface area contributed by atoms with Gasteiger partial charge in [-0.05, 0) is 43.9 Å². The zero-order valence-corrected chi connectivity index (χ0v) is 9.88. The highest BCUT2D eigenvalue weighted by atomic mass is 19.1. The van der Waals surface area contributed by atoms with Crippen molar-refractivity contribution < 1.29 is 13.5 Å². The molecule has 0 saturated carbocycles. The molecule has 1 aromatic rings. The Kier molecular flexibility index (Phi) is 3.74. The van der Waals surface area contributed by atoms with E-state index in [1.807, 2.05) is 0 Å². The van der Waals surface area contributed by atoms with Gasteiger partial charge in [-0.1, -0.05) is 0 Å². The van der Waals surface area contributed by atoms with Crippen LogP contribution in [0.3, 0.4) is 0 Å². The molecule has 1 aliphatic rings. The normalized spacial score (nSPS) is 21.8. The van der Waals surface area contributed by atoms with Gasteiger partial charge in [0.2, 0.25) is 0 Å². The quantitative estimate of drug-likeness (QED) is 0.883. The van der Waals surface area contributed by atoms with Crippen LogP contribution in [0, 0.1) is 18.6 Å². The van der Waals surface area contributed by atoms with Crippen LogP contribution in [0.15, 0.2) is 12.1 Å². The Morgan fingerprint density at radius 2 is 2.18 bits per heavy atom. The lowest BCUT2D eigenvalue weighted by Crippen LogP contribution is -2.19. The van der Waals surface area contributed by atoms with Crippen LogP contribution < -0.4 is 5.73 Å². The molecule has 2 nitrogen and oxygen atoms in total. The minimum absolute atomic E-state index is 0.0776. The lowest BCUT2D eigenvalue weighted by atomic mass is 9.98. The molecule has 1 aliphatic heterocycles. The maximum atomic E-state index is 13.7. The summed E-state index contributed by atoms with van der Waals surface area (Å²) < 4.78 is 32.5. The van der Waals surface area contributed by atoms with E-state index in [1.165, 1.54) is 19.1 Å². The van der Waals surface area contributed by atoms with Gasteiger partial charge >= 0.3 is 0 Å². The Labute approximate surface area is 99.8 Å². The molecule has 0 aliphatic carbocycles. The highest BCUT2D eigenvalue weighted by molar-refractivity contribution is 5.27. The van der Waals surface area contributed by atoms with Crippen molar-refractivity contribution in [1.29, 1.82) is 0 Å². The molecule has 2 unspecified atom stereocenters. The largest absolute Gasteiger partial charge is 0.378 e. The molecule has 17 heavy (non-hydrogen) atoms. The summed E-state index contributed by atoms with van der Waals surface area (Å²) in [4.78, 5) is 0. The van der Waals surface area contributed by atoms with Crippen LogP contribution in [-0.2, 0) is 4.74 Å². The number of benzene rings is 1. The van der Waals surface area contributed by atoms with Crippen molar-refractivity contribution in [3.63, 3.8) is 0 Å². The topological polar surface area (TPSA) is 35.2 Å². The minimum atomic E-state index is -0.506. The van der Waals surface area contributed by atoms with Crippen molar-refractivity contribution in [2.24, 2.45) is 5.73 Å². The number of aryl methyl sites for hydroxylation is 1. The van der Waals surface area contributed by atoms with Crippen molar-refractivity contribution in [3.05, 3.63) is 34.9 Å². The van der Waals surface area contributed by atoms with Gasteiger partial charge in [-0.15, -0.1) is 0 Å². The van der Waals surface area contributed by atoms with Gasteiger partial charge < -0.3 is 10.5 Å². The van der Waals surface area contributed by atoms with Crippen LogP contribution >= 0.6 is 0 Å². The zero-order chi connectivity index (χ0) is 12.4. The molecule has 0 amide bonds. The van der Waals surface area contributed by atoms with Crippen LogP contribution in [0.2, 0.25) is 0 Å². The van der Waals surface area contributed by atoms with Crippen LogP contribution in [0.4, 0.5) is 8.78 Å². The van der Waals surface area contributed by atoms with Gasteiger partial charge in [-0.3, -0.25) is 0 Å². The predicted octanol–water partition coefficient (Wildman–Crippen LogP) is 2.84. The average molecular weight is 241 g/mol. The van der Waals surface area contributed by atoms with Crippen molar-refractivity contribution in [2.75, 3.05) is 6.61 Å². The summed E-state index contributed by atoms with van der Waals surface area (Å²) in [5.74, 6) is -0.849. The van der Waals surface area contributed by atoms with Crippen molar-refractivity contribution in [1.82, 2.24) is 0 Å². The van der Waals surface area contributed by atoms with Gasteiger partial charge in [0.15, 0.2) is 0 Å². The molecule has 0 aromatic heterocycles. The summed E-state index contributed by atoms with van der Waals surface area (Å²) in [6, 6.07) is 1.89. The van der Waals surface area contributed by atoms with Gasteiger partial charge in [0, 0.05) is 18.2 Å². The SMILES string of the molecule is Cc1cc(F)c(C(N)CC2CCCO2)cc1F. The maximum absolute atomic E-state index is 13.7. The molecule has 2 atom stereocenters. The Morgan fingerprint density at radius 1 is 1.41 bits per heavy atom. The van der Waals surface area contributed by atoms with Gasteiger partial charge in [0.25, 0.3) is 0 Å². The third-order valence-electron chi connectivity index (χ3n) is 3.22. The molecule has 2 N–H and O–H groups in total. The highest BCUT2D eigenvalue weighted by Gasteiger charge is 2.22. The molecular weight excluding hydrogens is 224 g/mol. The Bertz CT molecular complexity index is 403. The lowest BCUT2D eigenvalue weighted by Gasteiger charge is -2.17. The molecule has 1 heterocycles. The van der Waals surface area contributed by atoms with E-state index in [-0.39, 0.29) is 11.7 Å². The Balaban J connectivity index is 2.12. The smallest absolute Gasteiger partial charge is 0.128 e. The van der Waals surface area contributed by atoms with Crippen LogP contribution in [-0.4, -0.2) is 12.7 Å². The van der Waals surface area contributed by atoms with E-state index >= 15 is 0 Å². The summed E-state index contributed by atoms with van der Waals surface area (Å²) in [5.41, 5.74) is 6.45. The first-order valence-electron chi connectivity index (χ1n) is 5.90. The number of ether oxygens (including phenoxy) is 1. The van der Waals surface area contributed by atoms with Gasteiger partial charge in [-0.2, -0.15) is 0 Å². The van der Waals surface area contributed by atoms with Gasteiger partial charge in [0.05, 0.1) is 6.10 Å². The molecule has 1 fully saturated rings. The van der Waals surface area contributed by atoms with Crippen molar-refractivity contribution >= 4 is 0 Å². The second-order valence-corrected chi connectivity index (χ2v) is 4.60. The number of rotatable bonds is 3. The van der Waals surface area contributed by atoms with E-state index in [0.29, 0.717) is 12.0 Å². The van der Waals surface area contributed by atoms with E-state index in [0.717, 1.165) is 19.4 Å². The number of hydrogen-bond acceptors (Lipinski definition) is 2. The fourth-order valence-corrected chi connectivity index (χ4v) is 2.19. The molecule has 2 rings (SSSR count). The molecule has 0 radical (unpaired) electrons. The zero-order valence-electron chi connectivity index (χ0n) is 9.88. The summed E-state index contributed by atoms with van der Waals surface area (Å²) in [5, 5.41) is 0. The minimum Gasteiger partial charge on any atom is -0.378 e. The highest BCUT2D eigenvalue weighted by Crippen LogP contribution is 2.26. The van der Waals surface area contributed by atoms with E-state index < -0.39 is 17.7 Å². The first kappa shape index (κ1) is 12.5. The number of nitrogens with two attached hydrogens (primary N) is 1. The van der Waals surface area contributed by atoms with Crippen LogP contribution in [0.1, 0.15) is 36.4 Å². The summed E-state index contributed by atoms with van der Waals surface area (Å²) >= 11 is 0. The first-order chi connectivity index (χ1) is 8.08. The Hall–Kier alpha value is -1.00. The van der Waals surface area contributed by atoms with Crippen molar-refractivity contribution in [3.8, 4) is 0 Å². The molecule has 1 saturated heterocycles. The molecule has 0 bridgehead atoms. The fraction of sp³-hybridized carbons (Fsp3) is 0.538. The first-order valence-corrected chi connectivity index (χ1v) is 5.90. The molecule has 4 heteroatoms. The Morgan fingerprint density at radius 3 is 2.82 bits per heavy atom. The second kappa shape index (κ2) is 5.10. The molecule has 0 spiro atoms. The third kappa shape index (κ3) is 2.82. The van der Waals surface area contributed by atoms with E-state index in [1.54, 1.807) is 0 Å². The number of halogens is 2. The summed E-state index contributed by atoms with van der Waals surface area (Å²) in [6.45, 7) is 2.27. The fourth-order valence-electron chi connectivity index (χ4n) is 2.19. The molecule has 1 aromatic carbocycles. The van der Waals surface area contributed by atoms with E-state index in [4.69, 9.17) is 10.5 Å². The monoisotopic (exact) mass is 241 g/mol. The molecular formula is C13H17F2NO. The molecule has 94 valence electrons. The summed E-state index contributed by atoms with van der Waals surface area (Å²) in [7, 11) is 0. The van der Waals surface area contributed by atoms with E-state index in [2.05, 4.69) is 0 Å². The second-order valence-electron chi connectivity index (χ2n) is 4.60. The van der Waals surface area contributed by atoms with Gasteiger partial charge in [0.1, 0.15) is 11.6 Å². The van der Waals surface area contributed by atoms with Crippen LogP contribution in [0.5, 0.6) is 0 Å². The summed E-state index contributed by atoms with van der Waals surface area (Å²) in [6.07, 6.45) is 2.58.